The summed E-state index contributed by atoms with van der Waals surface area (Å²) in [7, 11) is 1.37. The van der Waals surface area contributed by atoms with E-state index in [4.69, 9.17) is 5.26 Å². The van der Waals surface area contributed by atoms with E-state index in [0.717, 1.165) is 25.9 Å². The van der Waals surface area contributed by atoms with Crippen molar-refractivity contribution in [2.45, 2.75) is 31.7 Å². The Kier molecular flexibility index (Phi) is 4.41. The molecule has 0 aromatic heterocycles. The summed E-state index contributed by atoms with van der Waals surface area (Å²) in [6.07, 6.45) is 3.67. The minimum atomic E-state index is -0.356. The van der Waals surface area contributed by atoms with Crippen molar-refractivity contribution in [1.29, 1.82) is 5.26 Å². The van der Waals surface area contributed by atoms with E-state index in [1.165, 1.54) is 13.5 Å². The molecule has 1 aliphatic heterocycles. The summed E-state index contributed by atoms with van der Waals surface area (Å²) in [5.41, 5.74) is 0. The highest BCUT2D eigenvalue weighted by Crippen LogP contribution is 2.14. The molecule has 4 nitrogen and oxygen atoms in total. The van der Waals surface area contributed by atoms with Gasteiger partial charge in [0.2, 0.25) is 0 Å². The molecule has 1 heterocycles. The van der Waals surface area contributed by atoms with Gasteiger partial charge in [0, 0.05) is 0 Å². The molecule has 0 spiro atoms. The lowest BCUT2D eigenvalue weighted by Gasteiger charge is -2.31. The van der Waals surface area contributed by atoms with E-state index in [0.29, 0.717) is 0 Å². The van der Waals surface area contributed by atoms with Gasteiger partial charge >= 0.3 is 5.97 Å². The number of hydrogen-bond donors (Lipinski definition) is 0. The summed E-state index contributed by atoms with van der Waals surface area (Å²) in [6.45, 7) is 1.81. The monoisotopic (exact) mass is 196 g/mol. The number of likely N-dealkylation sites (tertiary alicyclic amines) is 1. The van der Waals surface area contributed by atoms with Crippen LogP contribution in [0.1, 0.15) is 25.7 Å². The number of carbonyl (C=O) groups is 1. The predicted molar refractivity (Wildman–Crippen MR) is 51.5 cm³/mol. The fourth-order valence-corrected chi connectivity index (χ4v) is 1.81. The molecule has 0 aliphatic carbocycles. The van der Waals surface area contributed by atoms with Gasteiger partial charge in [0.25, 0.3) is 0 Å². The molecule has 0 amide bonds. The number of nitrogens with zero attached hydrogens (tertiary/aromatic N) is 2. The molecule has 0 radical (unpaired) electrons. The lowest BCUT2D eigenvalue weighted by Crippen LogP contribution is -2.44. The Morgan fingerprint density at radius 2 is 2.14 bits per heavy atom. The van der Waals surface area contributed by atoms with Crippen molar-refractivity contribution in [3.63, 3.8) is 0 Å². The molecule has 0 saturated carbocycles. The SMILES string of the molecule is COC(=O)C(CC#N)N1CCCCC1. The van der Waals surface area contributed by atoms with Crippen LogP contribution in [0.2, 0.25) is 0 Å². The first-order valence-corrected chi connectivity index (χ1v) is 4.98. The van der Waals surface area contributed by atoms with Gasteiger partial charge < -0.3 is 4.74 Å². The van der Waals surface area contributed by atoms with Crippen molar-refractivity contribution in [3.05, 3.63) is 0 Å². The van der Waals surface area contributed by atoms with Crippen molar-refractivity contribution < 1.29 is 9.53 Å². The van der Waals surface area contributed by atoms with E-state index in [-0.39, 0.29) is 18.4 Å². The molecule has 1 fully saturated rings. The first-order valence-electron chi connectivity index (χ1n) is 4.98. The van der Waals surface area contributed by atoms with Crippen molar-refractivity contribution in [2.24, 2.45) is 0 Å². The molecule has 0 aromatic carbocycles. The van der Waals surface area contributed by atoms with Crippen LogP contribution in [0.4, 0.5) is 0 Å². The van der Waals surface area contributed by atoms with E-state index in [9.17, 15) is 4.79 Å². The number of piperidine rings is 1. The van der Waals surface area contributed by atoms with Crippen molar-refractivity contribution in [3.8, 4) is 6.07 Å². The number of nitriles is 1. The zero-order chi connectivity index (χ0) is 10.4. The lowest BCUT2D eigenvalue weighted by atomic mass is 10.1. The topological polar surface area (TPSA) is 53.3 Å². The number of ether oxygens (including phenoxy) is 1. The second kappa shape index (κ2) is 5.61. The molecule has 0 bridgehead atoms. The molecule has 78 valence electrons. The predicted octanol–water partition coefficient (Wildman–Crippen LogP) is 0.928. The highest BCUT2D eigenvalue weighted by Gasteiger charge is 2.27. The van der Waals surface area contributed by atoms with Gasteiger partial charge in [0.1, 0.15) is 6.04 Å². The first-order chi connectivity index (χ1) is 6.79. The summed E-state index contributed by atoms with van der Waals surface area (Å²) in [5.74, 6) is -0.284. The molecule has 0 N–H and O–H groups in total. The fourth-order valence-electron chi connectivity index (χ4n) is 1.81. The van der Waals surface area contributed by atoms with Crippen LogP contribution in [0, 0.1) is 11.3 Å². The molecule has 1 saturated heterocycles. The van der Waals surface area contributed by atoms with Crippen molar-refractivity contribution in [2.75, 3.05) is 20.2 Å². The molecule has 1 rings (SSSR count). The zero-order valence-electron chi connectivity index (χ0n) is 8.53. The van der Waals surface area contributed by atoms with E-state index in [1.807, 2.05) is 6.07 Å². The van der Waals surface area contributed by atoms with Crippen LogP contribution >= 0.6 is 0 Å². The Balaban J connectivity index is 2.56. The largest absolute Gasteiger partial charge is 0.468 e. The maximum atomic E-state index is 11.4. The van der Waals surface area contributed by atoms with Gasteiger partial charge in [0.15, 0.2) is 0 Å². The van der Waals surface area contributed by atoms with E-state index in [1.54, 1.807) is 0 Å². The number of rotatable bonds is 3. The van der Waals surface area contributed by atoms with Crippen LogP contribution in [-0.4, -0.2) is 37.1 Å². The van der Waals surface area contributed by atoms with Crippen LogP contribution in [0.15, 0.2) is 0 Å². The average Bonchev–Trinajstić information content (AvgIpc) is 2.26. The van der Waals surface area contributed by atoms with Gasteiger partial charge in [-0.1, -0.05) is 6.42 Å². The highest BCUT2D eigenvalue weighted by molar-refractivity contribution is 5.76. The van der Waals surface area contributed by atoms with Gasteiger partial charge in [0.05, 0.1) is 19.6 Å². The third-order valence-electron chi connectivity index (χ3n) is 2.59. The molecule has 1 atom stereocenters. The molecular formula is C10H16N2O2. The maximum Gasteiger partial charge on any atom is 0.324 e. The Labute approximate surface area is 84.4 Å². The summed E-state index contributed by atoms with van der Waals surface area (Å²) in [6, 6.07) is 1.68. The second-order valence-corrected chi connectivity index (χ2v) is 3.50. The van der Waals surface area contributed by atoms with Crippen molar-refractivity contribution >= 4 is 5.97 Å². The smallest absolute Gasteiger partial charge is 0.324 e. The molecular weight excluding hydrogens is 180 g/mol. The molecule has 1 unspecified atom stereocenters. The number of hydrogen-bond acceptors (Lipinski definition) is 4. The number of carbonyl (C=O) groups excluding carboxylic acids is 1. The van der Waals surface area contributed by atoms with Gasteiger partial charge in [-0.3, -0.25) is 9.69 Å². The van der Waals surface area contributed by atoms with Crippen molar-refractivity contribution in [1.82, 2.24) is 4.90 Å². The normalized spacial score (nSPS) is 19.7. The van der Waals surface area contributed by atoms with E-state index >= 15 is 0 Å². The number of esters is 1. The third kappa shape index (κ3) is 2.71. The molecule has 14 heavy (non-hydrogen) atoms. The minimum absolute atomic E-state index is 0.229. The molecule has 4 heteroatoms. The average molecular weight is 196 g/mol. The van der Waals surface area contributed by atoms with E-state index < -0.39 is 0 Å². The highest BCUT2D eigenvalue weighted by atomic mass is 16.5. The van der Waals surface area contributed by atoms with Crippen LogP contribution < -0.4 is 0 Å². The van der Waals surface area contributed by atoms with Gasteiger partial charge in [-0.15, -0.1) is 0 Å². The van der Waals surface area contributed by atoms with Gasteiger partial charge in [-0.2, -0.15) is 5.26 Å². The molecule has 0 aromatic rings. The summed E-state index contributed by atoms with van der Waals surface area (Å²) in [4.78, 5) is 13.4. The maximum absolute atomic E-state index is 11.4. The van der Waals surface area contributed by atoms with Gasteiger partial charge in [-0.25, -0.2) is 0 Å². The Morgan fingerprint density at radius 1 is 1.50 bits per heavy atom. The summed E-state index contributed by atoms with van der Waals surface area (Å²) >= 11 is 0. The zero-order valence-corrected chi connectivity index (χ0v) is 8.53. The van der Waals surface area contributed by atoms with Crippen LogP contribution in [0.25, 0.3) is 0 Å². The first kappa shape index (κ1) is 11.0. The number of methoxy groups -OCH3 is 1. The standard InChI is InChI=1S/C10H16N2O2/c1-14-10(13)9(5-6-11)12-7-3-2-4-8-12/h9H,2-5,7-8H2,1H3. The molecule has 1 aliphatic rings. The third-order valence-corrected chi connectivity index (χ3v) is 2.59. The summed E-state index contributed by atoms with van der Waals surface area (Å²) < 4.78 is 4.69. The van der Waals surface area contributed by atoms with Crippen LogP contribution in [0.3, 0.4) is 0 Å². The Bertz CT molecular complexity index is 229. The van der Waals surface area contributed by atoms with Gasteiger partial charge in [-0.05, 0) is 25.9 Å². The quantitative estimate of drug-likeness (QED) is 0.630. The van der Waals surface area contributed by atoms with E-state index in [2.05, 4.69) is 9.64 Å². The minimum Gasteiger partial charge on any atom is -0.468 e. The van der Waals surface area contributed by atoms with Crippen LogP contribution in [0.5, 0.6) is 0 Å². The second-order valence-electron chi connectivity index (χ2n) is 3.50. The lowest BCUT2D eigenvalue weighted by molar-refractivity contribution is -0.147. The summed E-state index contributed by atoms with van der Waals surface area (Å²) in [5, 5.41) is 8.63. The fraction of sp³-hybridized carbons (Fsp3) is 0.800. The Morgan fingerprint density at radius 3 is 2.64 bits per heavy atom. The van der Waals surface area contributed by atoms with Crippen LogP contribution in [-0.2, 0) is 9.53 Å². The Hall–Kier alpha value is -1.08.